The summed E-state index contributed by atoms with van der Waals surface area (Å²) in [6, 6.07) is 0. The molecule has 0 spiro atoms. The Kier molecular flexibility index (Phi) is 4.11. The van der Waals surface area contributed by atoms with Crippen LogP contribution in [0.25, 0.3) is 0 Å². The van der Waals surface area contributed by atoms with E-state index in [0.29, 0.717) is 12.1 Å². The molecule has 0 bridgehead atoms. The lowest BCUT2D eigenvalue weighted by Crippen LogP contribution is -2.26. The molecule has 0 aliphatic rings. The van der Waals surface area contributed by atoms with E-state index in [9.17, 15) is 0 Å². The van der Waals surface area contributed by atoms with Crippen molar-refractivity contribution in [2.24, 2.45) is 21.6 Å². The minimum atomic E-state index is 0.145. The molecule has 0 aromatic carbocycles. The van der Waals surface area contributed by atoms with Gasteiger partial charge in [0.2, 0.25) is 0 Å². The van der Waals surface area contributed by atoms with Crippen LogP contribution in [0.3, 0.4) is 0 Å². The van der Waals surface area contributed by atoms with Crippen LogP contribution in [0.4, 0.5) is 0 Å². The first kappa shape index (κ1) is 12.6. The third kappa shape index (κ3) is 5.81. The smallest absolute Gasteiger partial charge is 0.0859 e. The van der Waals surface area contributed by atoms with Crippen LogP contribution in [-0.4, -0.2) is 12.4 Å². The van der Waals surface area contributed by atoms with Gasteiger partial charge < -0.3 is 5.73 Å². The van der Waals surface area contributed by atoms with E-state index in [0.717, 1.165) is 6.42 Å². The number of rotatable bonds is 2. The van der Waals surface area contributed by atoms with E-state index in [4.69, 9.17) is 5.73 Å². The van der Waals surface area contributed by atoms with Crippen LogP contribution in [0, 0.1) is 10.8 Å². The monoisotopic (exact) mass is 184 g/mol. The van der Waals surface area contributed by atoms with Crippen molar-refractivity contribution in [1.82, 2.24) is 0 Å². The standard InChI is InChI=1S/C11H24N2/c1-10(2,3)7-9(13-8-12)11(4,5)6/h7-8,12H2,1-6H3. The summed E-state index contributed by atoms with van der Waals surface area (Å²) in [5.41, 5.74) is 7.12. The average Bonchev–Trinajstić information content (AvgIpc) is 1.81. The molecule has 2 N–H and O–H groups in total. The van der Waals surface area contributed by atoms with Gasteiger partial charge in [0.05, 0.1) is 6.67 Å². The largest absolute Gasteiger partial charge is 0.312 e. The van der Waals surface area contributed by atoms with Crippen LogP contribution >= 0.6 is 0 Å². The second kappa shape index (κ2) is 4.23. The highest BCUT2D eigenvalue weighted by molar-refractivity contribution is 5.89. The van der Waals surface area contributed by atoms with Gasteiger partial charge in [0.25, 0.3) is 0 Å². The molecule has 0 aliphatic carbocycles. The SMILES string of the molecule is CC(C)(C)CC(=NCN)C(C)(C)C. The van der Waals surface area contributed by atoms with Gasteiger partial charge in [-0.1, -0.05) is 41.5 Å². The van der Waals surface area contributed by atoms with E-state index in [1.54, 1.807) is 0 Å². The molecule has 0 saturated carbocycles. The third-order valence-corrected chi connectivity index (χ3v) is 1.85. The van der Waals surface area contributed by atoms with Crippen molar-refractivity contribution in [1.29, 1.82) is 0 Å². The zero-order valence-electron chi connectivity index (χ0n) is 9.94. The van der Waals surface area contributed by atoms with E-state index < -0.39 is 0 Å². The Labute approximate surface area is 82.6 Å². The first-order chi connectivity index (χ1) is 5.67. The fourth-order valence-electron chi connectivity index (χ4n) is 1.17. The highest BCUT2D eigenvalue weighted by atomic mass is 14.9. The van der Waals surface area contributed by atoms with Gasteiger partial charge in [-0.3, -0.25) is 4.99 Å². The van der Waals surface area contributed by atoms with Gasteiger partial charge in [-0.2, -0.15) is 0 Å². The summed E-state index contributed by atoms with van der Waals surface area (Å²) in [6.07, 6.45) is 1.02. The minimum Gasteiger partial charge on any atom is -0.312 e. The fraction of sp³-hybridized carbons (Fsp3) is 0.909. The van der Waals surface area contributed by atoms with Crippen molar-refractivity contribution in [2.75, 3.05) is 6.67 Å². The summed E-state index contributed by atoms with van der Waals surface area (Å²) in [6.45, 7) is 13.6. The Morgan fingerprint density at radius 3 is 1.77 bits per heavy atom. The van der Waals surface area contributed by atoms with E-state index in [-0.39, 0.29) is 5.41 Å². The molecule has 0 aromatic heterocycles. The van der Waals surface area contributed by atoms with Gasteiger partial charge in [-0.05, 0) is 17.3 Å². The van der Waals surface area contributed by atoms with Gasteiger partial charge in [-0.15, -0.1) is 0 Å². The Bertz CT molecular complexity index is 179. The molecule has 78 valence electrons. The minimum absolute atomic E-state index is 0.145. The fourth-order valence-corrected chi connectivity index (χ4v) is 1.17. The summed E-state index contributed by atoms with van der Waals surface area (Å²) >= 11 is 0. The van der Waals surface area contributed by atoms with Gasteiger partial charge in [0.1, 0.15) is 0 Å². The molecule has 0 saturated heterocycles. The van der Waals surface area contributed by atoms with E-state index in [1.165, 1.54) is 5.71 Å². The number of hydrogen-bond acceptors (Lipinski definition) is 2. The lowest BCUT2D eigenvalue weighted by Gasteiger charge is -2.28. The number of nitrogens with two attached hydrogens (primary N) is 1. The Balaban J connectivity index is 4.57. The molecule has 2 nitrogen and oxygen atoms in total. The van der Waals surface area contributed by atoms with Crippen LogP contribution in [0.15, 0.2) is 4.99 Å². The first-order valence-electron chi connectivity index (χ1n) is 4.91. The van der Waals surface area contributed by atoms with Crippen LogP contribution in [0.2, 0.25) is 0 Å². The van der Waals surface area contributed by atoms with Crippen molar-refractivity contribution >= 4 is 5.71 Å². The van der Waals surface area contributed by atoms with Crippen LogP contribution in [0.5, 0.6) is 0 Å². The van der Waals surface area contributed by atoms with Crippen molar-refractivity contribution in [3.05, 3.63) is 0 Å². The van der Waals surface area contributed by atoms with Gasteiger partial charge in [-0.25, -0.2) is 0 Å². The molecule has 0 fully saturated rings. The van der Waals surface area contributed by atoms with E-state index in [2.05, 4.69) is 46.5 Å². The molecule has 0 rings (SSSR count). The zero-order valence-corrected chi connectivity index (χ0v) is 9.94. The molecule has 13 heavy (non-hydrogen) atoms. The molecule has 2 heteroatoms. The molecule has 0 aromatic rings. The molecule has 0 aliphatic heterocycles. The maximum atomic E-state index is 5.46. The van der Waals surface area contributed by atoms with Crippen molar-refractivity contribution in [3.8, 4) is 0 Å². The van der Waals surface area contributed by atoms with E-state index >= 15 is 0 Å². The highest BCUT2D eigenvalue weighted by Crippen LogP contribution is 2.27. The Morgan fingerprint density at radius 1 is 1.08 bits per heavy atom. The topological polar surface area (TPSA) is 38.4 Å². The van der Waals surface area contributed by atoms with Crippen molar-refractivity contribution < 1.29 is 0 Å². The predicted molar refractivity (Wildman–Crippen MR) is 60.0 cm³/mol. The van der Waals surface area contributed by atoms with Crippen LogP contribution in [-0.2, 0) is 0 Å². The normalized spacial score (nSPS) is 14.8. The molecule has 0 heterocycles. The lowest BCUT2D eigenvalue weighted by molar-refractivity contribution is 0.412. The molecule has 0 atom stereocenters. The number of nitrogens with zero attached hydrogens (tertiary/aromatic N) is 1. The van der Waals surface area contributed by atoms with Gasteiger partial charge >= 0.3 is 0 Å². The first-order valence-corrected chi connectivity index (χ1v) is 4.91. The maximum Gasteiger partial charge on any atom is 0.0859 e. The quantitative estimate of drug-likeness (QED) is 0.658. The summed E-state index contributed by atoms with van der Waals surface area (Å²) in [4.78, 5) is 4.38. The molecular weight excluding hydrogens is 160 g/mol. The molecule has 0 amide bonds. The van der Waals surface area contributed by atoms with Crippen molar-refractivity contribution in [2.45, 2.75) is 48.0 Å². The maximum absolute atomic E-state index is 5.46. The summed E-state index contributed by atoms with van der Waals surface area (Å²) in [7, 11) is 0. The van der Waals surface area contributed by atoms with E-state index in [1.807, 2.05) is 0 Å². The lowest BCUT2D eigenvalue weighted by atomic mass is 9.79. The molecule has 0 radical (unpaired) electrons. The van der Waals surface area contributed by atoms with Gasteiger partial charge in [0.15, 0.2) is 0 Å². The zero-order chi connectivity index (χ0) is 10.7. The summed E-state index contributed by atoms with van der Waals surface area (Å²) in [5.74, 6) is 0. The predicted octanol–water partition coefficient (Wildman–Crippen LogP) is 2.83. The second-order valence-corrected chi connectivity index (χ2v) is 5.77. The van der Waals surface area contributed by atoms with Gasteiger partial charge in [0, 0.05) is 5.71 Å². The molecular formula is C11H24N2. The Morgan fingerprint density at radius 2 is 1.54 bits per heavy atom. The summed E-state index contributed by atoms with van der Waals surface area (Å²) in [5, 5.41) is 0. The van der Waals surface area contributed by atoms with Crippen LogP contribution < -0.4 is 5.73 Å². The average molecular weight is 184 g/mol. The summed E-state index contributed by atoms with van der Waals surface area (Å²) < 4.78 is 0. The Hall–Kier alpha value is -0.370. The van der Waals surface area contributed by atoms with Crippen molar-refractivity contribution in [3.63, 3.8) is 0 Å². The molecule has 0 unspecified atom stereocenters. The third-order valence-electron chi connectivity index (χ3n) is 1.85. The highest BCUT2D eigenvalue weighted by Gasteiger charge is 2.23. The number of aliphatic imine (C=N–C) groups is 1. The second-order valence-electron chi connectivity index (χ2n) is 5.77. The number of hydrogen-bond donors (Lipinski definition) is 1. The van der Waals surface area contributed by atoms with Crippen LogP contribution in [0.1, 0.15) is 48.0 Å².